The summed E-state index contributed by atoms with van der Waals surface area (Å²) in [6.07, 6.45) is 4.17. The highest BCUT2D eigenvalue weighted by Crippen LogP contribution is 2.18. The molecule has 1 heterocycles. The number of aromatic nitrogens is 3. The Balaban J connectivity index is 0.00000161. The van der Waals surface area contributed by atoms with Crippen LogP contribution < -0.4 is 10.6 Å². The molecular weight excluding hydrogens is 379 g/mol. The van der Waals surface area contributed by atoms with E-state index < -0.39 is 0 Å². The summed E-state index contributed by atoms with van der Waals surface area (Å²) >= 11 is 0. The minimum atomic E-state index is 0. The highest BCUT2D eigenvalue weighted by Gasteiger charge is 2.22. The predicted molar refractivity (Wildman–Crippen MR) is 93.1 cm³/mol. The van der Waals surface area contributed by atoms with Crippen molar-refractivity contribution in [2.24, 2.45) is 4.99 Å². The van der Waals surface area contributed by atoms with E-state index in [-0.39, 0.29) is 24.0 Å². The van der Waals surface area contributed by atoms with Gasteiger partial charge in [0.05, 0.1) is 6.54 Å². The molecule has 0 spiro atoms. The number of nitrogens with one attached hydrogen (secondary N) is 2. The van der Waals surface area contributed by atoms with Gasteiger partial charge >= 0.3 is 0 Å². The SMILES string of the molecule is CN=C(NCc1nncn1-c1ccccc1)NC1CC1.I. The lowest BCUT2D eigenvalue weighted by atomic mass is 10.3. The fourth-order valence-corrected chi connectivity index (χ4v) is 1.96. The van der Waals surface area contributed by atoms with Gasteiger partial charge in [-0.25, -0.2) is 0 Å². The van der Waals surface area contributed by atoms with Crippen molar-refractivity contribution in [3.63, 3.8) is 0 Å². The highest BCUT2D eigenvalue weighted by molar-refractivity contribution is 14.0. The van der Waals surface area contributed by atoms with Crippen LogP contribution in [0.15, 0.2) is 41.7 Å². The molecule has 1 fully saturated rings. The molecule has 1 aromatic carbocycles. The average Bonchev–Trinajstić information content (AvgIpc) is 3.19. The smallest absolute Gasteiger partial charge is 0.191 e. The van der Waals surface area contributed by atoms with Crippen LogP contribution in [0.2, 0.25) is 0 Å². The maximum atomic E-state index is 4.21. The second-order valence-electron chi connectivity index (χ2n) is 4.80. The van der Waals surface area contributed by atoms with E-state index in [1.165, 1.54) is 12.8 Å². The summed E-state index contributed by atoms with van der Waals surface area (Å²) < 4.78 is 1.97. The van der Waals surface area contributed by atoms with E-state index >= 15 is 0 Å². The van der Waals surface area contributed by atoms with Crippen LogP contribution >= 0.6 is 24.0 Å². The van der Waals surface area contributed by atoms with Gasteiger partial charge in [-0.2, -0.15) is 0 Å². The second kappa shape index (κ2) is 7.39. The van der Waals surface area contributed by atoms with Crippen molar-refractivity contribution in [2.45, 2.75) is 25.4 Å². The number of hydrogen-bond donors (Lipinski definition) is 2. The second-order valence-corrected chi connectivity index (χ2v) is 4.80. The molecule has 112 valence electrons. The van der Waals surface area contributed by atoms with Crippen molar-refractivity contribution < 1.29 is 0 Å². The Kier molecular flexibility index (Phi) is 5.54. The monoisotopic (exact) mass is 398 g/mol. The average molecular weight is 398 g/mol. The molecule has 0 radical (unpaired) electrons. The van der Waals surface area contributed by atoms with Crippen molar-refractivity contribution in [3.8, 4) is 5.69 Å². The zero-order valence-corrected chi connectivity index (χ0v) is 14.2. The molecule has 0 saturated heterocycles. The lowest BCUT2D eigenvalue weighted by molar-refractivity contribution is 0.752. The molecule has 0 unspecified atom stereocenters. The molecule has 0 aliphatic heterocycles. The first-order chi connectivity index (χ1) is 9.86. The third-order valence-corrected chi connectivity index (χ3v) is 3.21. The van der Waals surface area contributed by atoms with Crippen molar-refractivity contribution in [2.75, 3.05) is 7.05 Å². The summed E-state index contributed by atoms with van der Waals surface area (Å²) in [5, 5.41) is 14.8. The summed E-state index contributed by atoms with van der Waals surface area (Å²) in [6, 6.07) is 10.6. The third-order valence-electron chi connectivity index (χ3n) is 3.21. The standard InChI is InChI=1S/C14H18N6.HI/c1-15-14(18-11-7-8-11)16-9-13-19-17-10-20(13)12-5-3-2-4-6-12;/h2-6,10-11H,7-9H2,1H3,(H2,15,16,18);1H. The normalized spacial score (nSPS) is 14.4. The summed E-state index contributed by atoms with van der Waals surface area (Å²) in [5.74, 6) is 1.67. The van der Waals surface area contributed by atoms with Crippen LogP contribution in [-0.4, -0.2) is 33.8 Å². The summed E-state index contributed by atoms with van der Waals surface area (Å²) in [7, 11) is 1.78. The zero-order valence-electron chi connectivity index (χ0n) is 11.9. The van der Waals surface area contributed by atoms with Crippen LogP contribution in [0.3, 0.4) is 0 Å². The van der Waals surface area contributed by atoms with E-state index in [0.29, 0.717) is 12.6 Å². The Morgan fingerprint density at radius 3 is 2.76 bits per heavy atom. The van der Waals surface area contributed by atoms with E-state index in [1.807, 2.05) is 34.9 Å². The zero-order chi connectivity index (χ0) is 13.8. The largest absolute Gasteiger partial charge is 0.354 e. The van der Waals surface area contributed by atoms with Gasteiger partial charge in [0.15, 0.2) is 11.8 Å². The summed E-state index contributed by atoms with van der Waals surface area (Å²) in [4.78, 5) is 4.21. The number of halogens is 1. The predicted octanol–water partition coefficient (Wildman–Crippen LogP) is 1.71. The quantitative estimate of drug-likeness (QED) is 0.468. The molecule has 6 nitrogen and oxygen atoms in total. The lowest BCUT2D eigenvalue weighted by Gasteiger charge is -2.11. The molecule has 0 amide bonds. The Bertz CT molecular complexity index is 591. The number of para-hydroxylation sites is 1. The van der Waals surface area contributed by atoms with Gasteiger partial charge in [0.2, 0.25) is 0 Å². The van der Waals surface area contributed by atoms with E-state index in [4.69, 9.17) is 0 Å². The fourth-order valence-electron chi connectivity index (χ4n) is 1.96. The first-order valence-corrected chi connectivity index (χ1v) is 6.78. The molecule has 2 aromatic rings. The first-order valence-electron chi connectivity index (χ1n) is 6.78. The van der Waals surface area contributed by atoms with E-state index in [1.54, 1.807) is 13.4 Å². The first kappa shape index (κ1) is 15.7. The lowest BCUT2D eigenvalue weighted by Crippen LogP contribution is -2.38. The van der Waals surface area contributed by atoms with Crippen LogP contribution in [0.5, 0.6) is 0 Å². The topological polar surface area (TPSA) is 67.1 Å². The van der Waals surface area contributed by atoms with E-state index in [0.717, 1.165) is 17.5 Å². The number of rotatable bonds is 4. The van der Waals surface area contributed by atoms with Crippen molar-refractivity contribution >= 4 is 29.9 Å². The molecule has 1 aliphatic rings. The maximum absolute atomic E-state index is 4.21. The molecule has 1 aliphatic carbocycles. The molecule has 3 rings (SSSR count). The summed E-state index contributed by atoms with van der Waals surface area (Å²) in [6.45, 7) is 0.585. The Labute approximate surface area is 141 Å². The minimum absolute atomic E-state index is 0. The van der Waals surface area contributed by atoms with Gasteiger partial charge in [0.1, 0.15) is 6.33 Å². The number of benzene rings is 1. The molecular formula is C14H19IN6. The van der Waals surface area contributed by atoms with Gasteiger partial charge in [-0.15, -0.1) is 34.2 Å². The van der Waals surface area contributed by atoms with Crippen molar-refractivity contribution in [1.82, 2.24) is 25.4 Å². The Morgan fingerprint density at radius 2 is 2.10 bits per heavy atom. The number of nitrogens with zero attached hydrogens (tertiary/aromatic N) is 4. The Hall–Kier alpha value is -1.64. The fraction of sp³-hybridized carbons (Fsp3) is 0.357. The van der Waals surface area contributed by atoms with Crippen molar-refractivity contribution in [3.05, 3.63) is 42.5 Å². The van der Waals surface area contributed by atoms with Gasteiger partial charge in [0.25, 0.3) is 0 Å². The van der Waals surface area contributed by atoms with Crippen LogP contribution in [0.4, 0.5) is 0 Å². The van der Waals surface area contributed by atoms with Crippen LogP contribution in [0.25, 0.3) is 5.69 Å². The molecule has 0 atom stereocenters. The molecule has 1 aromatic heterocycles. The van der Waals surface area contributed by atoms with E-state index in [9.17, 15) is 0 Å². The van der Waals surface area contributed by atoms with Crippen LogP contribution in [-0.2, 0) is 6.54 Å². The van der Waals surface area contributed by atoms with Gasteiger partial charge in [-0.1, -0.05) is 18.2 Å². The van der Waals surface area contributed by atoms with Gasteiger partial charge in [-0.05, 0) is 25.0 Å². The molecule has 0 bridgehead atoms. The maximum Gasteiger partial charge on any atom is 0.191 e. The molecule has 2 N–H and O–H groups in total. The minimum Gasteiger partial charge on any atom is -0.354 e. The van der Waals surface area contributed by atoms with Gasteiger partial charge in [-0.3, -0.25) is 9.56 Å². The Morgan fingerprint density at radius 1 is 1.33 bits per heavy atom. The number of aliphatic imine (C=N–C) groups is 1. The van der Waals surface area contributed by atoms with Crippen LogP contribution in [0, 0.1) is 0 Å². The number of guanidine groups is 1. The van der Waals surface area contributed by atoms with Crippen molar-refractivity contribution in [1.29, 1.82) is 0 Å². The van der Waals surface area contributed by atoms with E-state index in [2.05, 4.69) is 25.8 Å². The molecule has 21 heavy (non-hydrogen) atoms. The molecule has 7 heteroatoms. The highest BCUT2D eigenvalue weighted by atomic mass is 127. The third kappa shape index (κ3) is 4.16. The van der Waals surface area contributed by atoms with Gasteiger partial charge < -0.3 is 10.6 Å². The van der Waals surface area contributed by atoms with Gasteiger partial charge in [0, 0.05) is 18.8 Å². The molecule has 1 saturated carbocycles. The summed E-state index contributed by atoms with van der Waals surface area (Å²) in [5.41, 5.74) is 1.06. The number of hydrogen-bond acceptors (Lipinski definition) is 3. The van der Waals surface area contributed by atoms with Crippen LogP contribution in [0.1, 0.15) is 18.7 Å².